The average Bonchev–Trinajstić information content (AvgIpc) is 3.12. The summed E-state index contributed by atoms with van der Waals surface area (Å²) in [7, 11) is 3.58. The maximum atomic E-state index is 5.49. The second kappa shape index (κ2) is 10.9. The van der Waals surface area contributed by atoms with Gasteiger partial charge in [0.2, 0.25) is 0 Å². The Balaban J connectivity index is 1.73. The summed E-state index contributed by atoms with van der Waals surface area (Å²) in [5, 5.41) is 6.90. The highest BCUT2D eigenvalue weighted by atomic mass is 16.5. The van der Waals surface area contributed by atoms with Crippen LogP contribution in [-0.2, 0) is 0 Å². The van der Waals surface area contributed by atoms with Crippen molar-refractivity contribution in [1.82, 2.24) is 10.6 Å². The van der Waals surface area contributed by atoms with Gasteiger partial charge in [-0.25, -0.2) is 0 Å². The first-order chi connectivity index (χ1) is 12.3. The fraction of sp³-hybridized carbons (Fsp3) is 0.650. The molecule has 25 heavy (non-hydrogen) atoms. The number of anilines is 1. The molecule has 1 fully saturated rings. The Kier molecular flexibility index (Phi) is 8.43. The van der Waals surface area contributed by atoms with Crippen LogP contribution in [0.2, 0.25) is 0 Å². The van der Waals surface area contributed by atoms with Crippen LogP contribution in [0.1, 0.15) is 39.0 Å². The Morgan fingerprint density at radius 3 is 2.84 bits per heavy atom. The summed E-state index contributed by atoms with van der Waals surface area (Å²) in [6.07, 6.45) is 6.28. The third-order valence-corrected chi connectivity index (χ3v) is 4.82. The van der Waals surface area contributed by atoms with Crippen LogP contribution >= 0.6 is 0 Å². The number of hydrogen-bond donors (Lipinski definition) is 2. The molecule has 1 aromatic carbocycles. The Labute approximate surface area is 152 Å². The van der Waals surface area contributed by atoms with Gasteiger partial charge in [0.25, 0.3) is 0 Å². The highest BCUT2D eigenvalue weighted by molar-refractivity contribution is 5.79. The van der Waals surface area contributed by atoms with E-state index in [4.69, 9.17) is 4.74 Å². The molecule has 1 heterocycles. The first-order valence-electron chi connectivity index (χ1n) is 9.61. The molecule has 1 aliphatic rings. The molecule has 0 radical (unpaired) electrons. The fourth-order valence-corrected chi connectivity index (χ4v) is 3.33. The summed E-state index contributed by atoms with van der Waals surface area (Å²) in [5.41, 5.74) is 1.20. The Morgan fingerprint density at radius 2 is 2.08 bits per heavy atom. The van der Waals surface area contributed by atoms with Gasteiger partial charge in [0.15, 0.2) is 5.96 Å². The smallest absolute Gasteiger partial charge is 0.190 e. The molecular formula is C20H34N4O. The molecule has 5 nitrogen and oxygen atoms in total. The second-order valence-corrected chi connectivity index (χ2v) is 6.71. The van der Waals surface area contributed by atoms with Gasteiger partial charge in [-0.3, -0.25) is 4.99 Å². The third kappa shape index (κ3) is 6.15. The molecule has 1 aliphatic heterocycles. The van der Waals surface area contributed by atoms with Crippen molar-refractivity contribution in [2.45, 2.75) is 39.0 Å². The van der Waals surface area contributed by atoms with Crippen molar-refractivity contribution in [1.29, 1.82) is 0 Å². The monoisotopic (exact) mass is 346 g/mol. The van der Waals surface area contributed by atoms with Crippen molar-refractivity contribution < 1.29 is 4.74 Å². The van der Waals surface area contributed by atoms with Gasteiger partial charge in [-0.15, -0.1) is 0 Å². The zero-order chi connectivity index (χ0) is 17.9. The van der Waals surface area contributed by atoms with E-state index in [1.165, 1.54) is 37.8 Å². The van der Waals surface area contributed by atoms with Crippen LogP contribution in [0, 0.1) is 5.92 Å². The molecule has 0 aliphatic carbocycles. The van der Waals surface area contributed by atoms with E-state index in [2.05, 4.69) is 39.6 Å². The number of nitrogens with zero attached hydrogens (tertiary/aromatic N) is 2. The fourth-order valence-electron chi connectivity index (χ4n) is 3.33. The van der Waals surface area contributed by atoms with E-state index in [0.29, 0.717) is 5.92 Å². The molecule has 0 bridgehead atoms. The summed E-state index contributed by atoms with van der Waals surface area (Å²) < 4.78 is 5.49. The topological polar surface area (TPSA) is 48.9 Å². The zero-order valence-electron chi connectivity index (χ0n) is 16.1. The molecular weight excluding hydrogens is 312 g/mol. The number of benzene rings is 1. The van der Waals surface area contributed by atoms with Crippen molar-refractivity contribution in [2.24, 2.45) is 10.9 Å². The summed E-state index contributed by atoms with van der Waals surface area (Å²) >= 11 is 0. The quantitative estimate of drug-likeness (QED) is 0.409. The number of unbranched alkanes of at least 4 members (excludes halogenated alkanes) is 3. The molecule has 0 saturated carbocycles. The number of rotatable bonds is 9. The van der Waals surface area contributed by atoms with Crippen LogP contribution in [0.4, 0.5) is 5.69 Å². The van der Waals surface area contributed by atoms with E-state index in [-0.39, 0.29) is 0 Å². The molecule has 140 valence electrons. The standard InChI is InChI=1S/C20H34N4O/c1-4-5-6-9-13-22-20(21-2)23-15-17-12-14-24(16-17)18-10-7-8-11-19(18)25-3/h7-8,10-11,17H,4-6,9,12-16H2,1-3H3,(H2,21,22,23). The van der Waals surface area contributed by atoms with Crippen molar-refractivity contribution >= 4 is 11.6 Å². The molecule has 2 N–H and O–H groups in total. The van der Waals surface area contributed by atoms with Gasteiger partial charge < -0.3 is 20.3 Å². The molecule has 0 spiro atoms. The molecule has 1 aromatic rings. The highest BCUT2D eigenvalue weighted by Gasteiger charge is 2.24. The van der Waals surface area contributed by atoms with Crippen molar-refractivity contribution in [3.63, 3.8) is 0 Å². The van der Waals surface area contributed by atoms with E-state index in [0.717, 1.165) is 37.9 Å². The number of aliphatic imine (C=N–C) groups is 1. The van der Waals surface area contributed by atoms with Gasteiger partial charge in [0.05, 0.1) is 12.8 Å². The summed E-state index contributed by atoms with van der Waals surface area (Å²) in [6, 6.07) is 8.28. The Bertz CT molecular complexity index is 532. The van der Waals surface area contributed by atoms with Gasteiger partial charge in [-0.2, -0.15) is 0 Å². The van der Waals surface area contributed by atoms with Crippen molar-refractivity contribution in [2.75, 3.05) is 45.2 Å². The van der Waals surface area contributed by atoms with E-state index >= 15 is 0 Å². The van der Waals surface area contributed by atoms with Gasteiger partial charge in [0.1, 0.15) is 5.75 Å². The largest absolute Gasteiger partial charge is 0.495 e. The highest BCUT2D eigenvalue weighted by Crippen LogP contribution is 2.31. The van der Waals surface area contributed by atoms with E-state index in [1.807, 2.05) is 19.2 Å². The Hall–Kier alpha value is -1.91. The first kappa shape index (κ1) is 19.4. The van der Waals surface area contributed by atoms with E-state index in [1.54, 1.807) is 7.11 Å². The lowest BCUT2D eigenvalue weighted by molar-refractivity contribution is 0.414. The predicted octanol–water partition coefficient (Wildman–Crippen LogP) is 3.27. The number of ether oxygens (including phenoxy) is 1. The van der Waals surface area contributed by atoms with Crippen LogP contribution in [0.5, 0.6) is 5.75 Å². The van der Waals surface area contributed by atoms with Gasteiger partial charge in [0, 0.05) is 33.2 Å². The SMILES string of the molecule is CCCCCCNC(=NC)NCC1CCN(c2ccccc2OC)C1. The van der Waals surface area contributed by atoms with Gasteiger partial charge in [-0.1, -0.05) is 38.3 Å². The number of guanidine groups is 1. The summed E-state index contributed by atoms with van der Waals surface area (Å²) in [5.74, 6) is 2.51. The van der Waals surface area contributed by atoms with Crippen LogP contribution in [0.3, 0.4) is 0 Å². The normalized spacial score (nSPS) is 17.6. The molecule has 1 unspecified atom stereocenters. The minimum Gasteiger partial charge on any atom is -0.495 e. The maximum Gasteiger partial charge on any atom is 0.190 e. The second-order valence-electron chi connectivity index (χ2n) is 6.71. The van der Waals surface area contributed by atoms with Crippen LogP contribution < -0.4 is 20.3 Å². The number of para-hydroxylation sites is 2. The molecule has 1 saturated heterocycles. The first-order valence-corrected chi connectivity index (χ1v) is 9.61. The molecule has 5 heteroatoms. The molecule has 0 aromatic heterocycles. The maximum absolute atomic E-state index is 5.49. The average molecular weight is 347 g/mol. The minimum atomic E-state index is 0.628. The van der Waals surface area contributed by atoms with Crippen molar-refractivity contribution in [3.8, 4) is 5.75 Å². The lowest BCUT2D eigenvalue weighted by Gasteiger charge is -2.21. The summed E-state index contributed by atoms with van der Waals surface area (Å²) in [6.45, 7) is 6.33. The van der Waals surface area contributed by atoms with E-state index < -0.39 is 0 Å². The Morgan fingerprint density at radius 1 is 1.24 bits per heavy atom. The zero-order valence-corrected chi connectivity index (χ0v) is 16.1. The summed E-state index contributed by atoms with van der Waals surface area (Å²) in [4.78, 5) is 6.75. The van der Waals surface area contributed by atoms with Crippen LogP contribution in [0.15, 0.2) is 29.3 Å². The molecule has 1 atom stereocenters. The lowest BCUT2D eigenvalue weighted by Crippen LogP contribution is -2.40. The number of methoxy groups -OCH3 is 1. The third-order valence-electron chi connectivity index (χ3n) is 4.82. The van der Waals surface area contributed by atoms with Crippen LogP contribution in [-0.4, -0.2) is 46.3 Å². The molecule has 2 rings (SSSR count). The van der Waals surface area contributed by atoms with E-state index in [9.17, 15) is 0 Å². The molecule has 0 amide bonds. The van der Waals surface area contributed by atoms with Gasteiger partial charge in [-0.05, 0) is 30.9 Å². The lowest BCUT2D eigenvalue weighted by atomic mass is 10.1. The van der Waals surface area contributed by atoms with Gasteiger partial charge >= 0.3 is 0 Å². The van der Waals surface area contributed by atoms with Crippen LogP contribution in [0.25, 0.3) is 0 Å². The number of nitrogens with one attached hydrogen (secondary N) is 2. The minimum absolute atomic E-state index is 0.628. The predicted molar refractivity (Wildman–Crippen MR) is 107 cm³/mol. The number of hydrogen-bond acceptors (Lipinski definition) is 3. The van der Waals surface area contributed by atoms with Crippen molar-refractivity contribution in [3.05, 3.63) is 24.3 Å².